The zero-order valence-corrected chi connectivity index (χ0v) is 13.9. The Kier molecular flexibility index (Phi) is 5.08. The monoisotopic (exact) mass is 363 g/mol. The highest BCUT2D eigenvalue weighted by Gasteiger charge is 2.48. The number of amides is 2. The van der Waals surface area contributed by atoms with Gasteiger partial charge in [0.15, 0.2) is 17.7 Å². The van der Waals surface area contributed by atoms with Crippen molar-refractivity contribution in [3.63, 3.8) is 0 Å². The molecule has 26 heavy (non-hydrogen) atoms. The molecule has 5 atom stereocenters. The first-order chi connectivity index (χ1) is 12.4. The number of carbonyl (C=O) groups excluding carboxylic acids is 2. The van der Waals surface area contributed by atoms with Gasteiger partial charge in [0.1, 0.15) is 18.3 Å². The van der Waals surface area contributed by atoms with E-state index in [0.29, 0.717) is 0 Å². The van der Waals surface area contributed by atoms with Gasteiger partial charge in [-0.1, -0.05) is 30.3 Å². The Morgan fingerprint density at radius 1 is 1.27 bits per heavy atom. The van der Waals surface area contributed by atoms with Crippen LogP contribution in [0.1, 0.15) is 5.56 Å². The molecule has 2 aliphatic heterocycles. The van der Waals surface area contributed by atoms with Crippen LogP contribution in [0.3, 0.4) is 0 Å². The Labute approximate surface area is 149 Å². The molecule has 2 amide bonds. The molecular formula is C17H21N3O6. The van der Waals surface area contributed by atoms with Crippen molar-refractivity contribution < 1.29 is 29.6 Å². The van der Waals surface area contributed by atoms with E-state index in [1.54, 1.807) is 24.3 Å². The summed E-state index contributed by atoms with van der Waals surface area (Å²) in [7, 11) is 0. The topological polar surface area (TPSA) is 145 Å². The average molecular weight is 363 g/mol. The second-order valence-corrected chi connectivity index (χ2v) is 6.34. The molecule has 0 saturated carbocycles. The number of benzene rings is 1. The smallest absolute Gasteiger partial charge is 0.325 e. The number of ketones is 1. The lowest BCUT2D eigenvalue weighted by Gasteiger charge is -2.36. The maximum Gasteiger partial charge on any atom is 0.325 e. The third-order valence-corrected chi connectivity index (χ3v) is 4.51. The fourth-order valence-corrected chi connectivity index (χ4v) is 2.95. The van der Waals surface area contributed by atoms with Crippen LogP contribution in [-0.2, 0) is 16.0 Å². The number of aliphatic hydroxyl groups excluding tert-OH is 3. The van der Waals surface area contributed by atoms with Gasteiger partial charge >= 0.3 is 6.03 Å². The van der Waals surface area contributed by atoms with Crippen molar-refractivity contribution in [3.05, 3.63) is 48.2 Å². The molecule has 3 rings (SSSR count). The molecule has 1 fully saturated rings. The summed E-state index contributed by atoms with van der Waals surface area (Å²) >= 11 is 0. The third kappa shape index (κ3) is 3.35. The quantitative estimate of drug-likeness (QED) is 0.425. The first-order valence-corrected chi connectivity index (χ1v) is 8.14. The minimum Gasteiger partial charge on any atom is -0.394 e. The van der Waals surface area contributed by atoms with Crippen molar-refractivity contribution in [2.75, 3.05) is 6.61 Å². The number of hydrogen-bond acceptors (Lipinski definition) is 7. The van der Waals surface area contributed by atoms with Gasteiger partial charge in [0.05, 0.1) is 6.61 Å². The fourth-order valence-electron chi connectivity index (χ4n) is 2.95. The number of ether oxygens (including phenoxy) is 1. The minimum absolute atomic E-state index is 0.0375. The van der Waals surface area contributed by atoms with Crippen molar-refractivity contribution in [1.29, 1.82) is 0 Å². The lowest BCUT2D eigenvalue weighted by atomic mass is 9.97. The number of hydrogen-bond donors (Lipinski definition) is 5. The van der Waals surface area contributed by atoms with Crippen molar-refractivity contribution in [1.82, 2.24) is 10.2 Å². The van der Waals surface area contributed by atoms with Gasteiger partial charge < -0.3 is 25.4 Å². The zero-order valence-electron chi connectivity index (χ0n) is 13.9. The average Bonchev–Trinajstić information content (AvgIpc) is 2.91. The van der Waals surface area contributed by atoms with Crippen LogP contribution >= 0.6 is 0 Å². The highest BCUT2D eigenvalue weighted by atomic mass is 16.6. The molecule has 2 aliphatic rings. The SMILES string of the molecule is NC1(C(=O)Cc2ccccc2)C=CN([C@@H]2O[C@H](CO)[C@@H](O)[C@H]2O)C(=O)N1. The minimum atomic E-state index is -1.69. The lowest BCUT2D eigenvalue weighted by molar-refractivity contribution is -0.123. The molecule has 1 aromatic carbocycles. The van der Waals surface area contributed by atoms with E-state index in [0.717, 1.165) is 10.5 Å². The normalized spacial score (nSPS) is 34.0. The van der Waals surface area contributed by atoms with Crippen LogP contribution in [0.2, 0.25) is 0 Å². The van der Waals surface area contributed by atoms with Crippen molar-refractivity contribution >= 4 is 11.8 Å². The van der Waals surface area contributed by atoms with Crippen molar-refractivity contribution in [2.45, 2.75) is 36.6 Å². The van der Waals surface area contributed by atoms with Crippen LogP contribution in [0, 0.1) is 0 Å². The van der Waals surface area contributed by atoms with Crippen LogP contribution in [0.15, 0.2) is 42.6 Å². The summed E-state index contributed by atoms with van der Waals surface area (Å²) in [6.45, 7) is -0.510. The first kappa shape index (κ1) is 18.5. The molecule has 0 radical (unpaired) electrons. The number of urea groups is 1. The molecule has 2 heterocycles. The van der Waals surface area contributed by atoms with Gasteiger partial charge in [-0.15, -0.1) is 0 Å². The molecule has 0 aromatic heterocycles. The van der Waals surface area contributed by atoms with Crippen LogP contribution in [0.25, 0.3) is 0 Å². The highest BCUT2D eigenvalue weighted by Crippen LogP contribution is 2.26. The lowest BCUT2D eigenvalue weighted by Crippen LogP contribution is -2.66. The van der Waals surface area contributed by atoms with E-state index in [9.17, 15) is 19.8 Å². The molecule has 9 nitrogen and oxygen atoms in total. The largest absolute Gasteiger partial charge is 0.394 e. The summed E-state index contributed by atoms with van der Waals surface area (Å²) in [5.74, 6) is -0.408. The molecular weight excluding hydrogens is 342 g/mol. The zero-order chi connectivity index (χ0) is 18.9. The van der Waals surface area contributed by atoms with Crippen molar-refractivity contribution in [2.24, 2.45) is 5.73 Å². The summed E-state index contributed by atoms with van der Waals surface area (Å²) in [5, 5.41) is 31.4. The van der Waals surface area contributed by atoms with Crippen LogP contribution in [0.4, 0.5) is 4.79 Å². The summed E-state index contributed by atoms with van der Waals surface area (Å²) < 4.78 is 5.31. The highest BCUT2D eigenvalue weighted by molar-refractivity contribution is 5.96. The fraction of sp³-hybridized carbons (Fsp3) is 0.412. The second kappa shape index (κ2) is 7.14. The summed E-state index contributed by atoms with van der Waals surface area (Å²) in [6.07, 6.45) is -2.39. The number of aliphatic hydroxyl groups is 3. The van der Waals surface area contributed by atoms with Gasteiger partial charge in [-0.2, -0.15) is 0 Å². The first-order valence-electron chi connectivity index (χ1n) is 8.14. The predicted octanol–water partition coefficient (Wildman–Crippen LogP) is -1.57. The molecule has 6 N–H and O–H groups in total. The number of Topliss-reactive ketones (excluding diaryl/α,β-unsaturated/α-hetero) is 1. The Morgan fingerprint density at radius 3 is 2.54 bits per heavy atom. The Morgan fingerprint density at radius 2 is 1.96 bits per heavy atom. The van der Waals surface area contributed by atoms with Crippen molar-refractivity contribution in [3.8, 4) is 0 Å². The van der Waals surface area contributed by atoms with E-state index in [-0.39, 0.29) is 6.42 Å². The van der Waals surface area contributed by atoms with E-state index in [1.165, 1.54) is 12.3 Å². The number of nitrogens with zero attached hydrogens (tertiary/aromatic N) is 1. The van der Waals surface area contributed by atoms with Crippen LogP contribution < -0.4 is 11.1 Å². The molecule has 1 aromatic rings. The molecule has 0 bridgehead atoms. The maximum atomic E-state index is 12.5. The van der Waals surface area contributed by atoms with Gasteiger partial charge in [0, 0.05) is 12.6 Å². The summed E-state index contributed by atoms with van der Waals surface area (Å²) in [6, 6.07) is 8.22. The van der Waals surface area contributed by atoms with Crippen LogP contribution in [0.5, 0.6) is 0 Å². The van der Waals surface area contributed by atoms with Gasteiger partial charge in [-0.25, -0.2) is 4.79 Å². The summed E-state index contributed by atoms with van der Waals surface area (Å²) in [4.78, 5) is 25.9. The second-order valence-electron chi connectivity index (χ2n) is 6.34. The molecule has 0 aliphatic carbocycles. The van der Waals surface area contributed by atoms with Gasteiger partial charge in [0.25, 0.3) is 0 Å². The number of nitrogens with one attached hydrogen (secondary N) is 1. The van der Waals surface area contributed by atoms with E-state index in [2.05, 4.69) is 5.32 Å². The molecule has 9 heteroatoms. The number of carbonyl (C=O) groups is 2. The molecule has 1 saturated heterocycles. The summed E-state index contributed by atoms with van der Waals surface area (Å²) in [5.41, 5.74) is 5.10. The maximum absolute atomic E-state index is 12.5. The standard InChI is InChI=1S/C17H21N3O6/c18-17(12(22)8-10-4-2-1-3-5-10)6-7-20(16(25)19-17)15-14(24)13(23)11(9-21)26-15/h1-7,11,13-15,21,23-24H,8-9,18H2,(H,19,25)/t11-,13-,14-,15-,17?/m1/s1. The third-order valence-electron chi connectivity index (χ3n) is 4.51. The molecule has 0 spiro atoms. The van der Waals surface area contributed by atoms with E-state index in [4.69, 9.17) is 15.6 Å². The Balaban J connectivity index is 1.74. The van der Waals surface area contributed by atoms with E-state index in [1.807, 2.05) is 6.07 Å². The molecule has 140 valence electrons. The van der Waals surface area contributed by atoms with Gasteiger partial charge in [0.2, 0.25) is 0 Å². The van der Waals surface area contributed by atoms with Gasteiger partial charge in [-0.05, 0) is 11.6 Å². The Hall–Kier alpha value is -2.30. The van der Waals surface area contributed by atoms with E-state index < -0.39 is 48.6 Å². The van der Waals surface area contributed by atoms with E-state index >= 15 is 0 Å². The predicted molar refractivity (Wildman–Crippen MR) is 89.3 cm³/mol. The Bertz CT molecular complexity index is 712. The van der Waals surface area contributed by atoms with Crippen LogP contribution in [-0.4, -0.2) is 68.8 Å². The van der Waals surface area contributed by atoms with Gasteiger partial charge in [-0.3, -0.25) is 15.4 Å². The molecule has 1 unspecified atom stereocenters. The number of rotatable bonds is 5. The number of nitrogens with two attached hydrogens (primary N) is 1.